The molecule has 0 aromatic heterocycles. The third-order valence-corrected chi connectivity index (χ3v) is 6.29. The van der Waals surface area contributed by atoms with Crippen molar-refractivity contribution < 1.29 is 35.9 Å². The van der Waals surface area contributed by atoms with Gasteiger partial charge in [0, 0.05) is 18.6 Å². The van der Waals surface area contributed by atoms with Crippen molar-refractivity contribution in [2.75, 3.05) is 27.3 Å². The number of sulfonamides is 1. The Morgan fingerprint density at radius 3 is 2.44 bits per heavy atom. The summed E-state index contributed by atoms with van der Waals surface area (Å²) in [5.41, 5.74) is 0.618. The number of nitrogens with one attached hydrogen (secondary N) is 3. The van der Waals surface area contributed by atoms with Crippen LogP contribution in [0.1, 0.15) is 15.9 Å². The van der Waals surface area contributed by atoms with Crippen molar-refractivity contribution in [1.82, 2.24) is 15.4 Å². The fraction of sp³-hybridized carbons (Fsp3) is 0.300. The molecule has 0 fully saturated rings. The number of halogens is 4. The molecule has 0 saturated heterocycles. The van der Waals surface area contributed by atoms with Crippen molar-refractivity contribution in [2.45, 2.75) is 17.5 Å². The zero-order chi connectivity index (χ0) is 25.5. The summed E-state index contributed by atoms with van der Waals surface area (Å²) >= 11 is 10.7. The third kappa shape index (κ3) is 7.92. The van der Waals surface area contributed by atoms with E-state index >= 15 is 0 Å². The van der Waals surface area contributed by atoms with Crippen LogP contribution in [-0.4, -0.2) is 52.9 Å². The highest BCUT2D eigenvalue weighted by Gasteiger charge is 2.30. The molecule has 0 aliphatic rings. The van der Waals surface area contributed by atoms with Gasteiger partial charge in [0.1, 0.15) is 16.4 Å². The number of benzene rings is 2. The van der Waals surface area contributed by atoms with Crippen molar-refractivity contribution in [3.8, 4) is 11.5 Å². The molecule has 2 rings (SSSR count). The maximum Gasteiger partial charge on any atom is 0.422 e. The molecule has 0 aliphatic carbocycles. The van der Waals surface area contributed by atoms with Gasteiger partial charge in [0.25, 0.3) is 15.9 Å². The fourth-order valence-electron chi connectivity index (χ4n) is 2.70. The second-order valence-electron chi connectivity index (χ2n) is 6.72. The van der Waals surface area contributed by atoms with Gasteiger partial charge < -0.3 is 20.1 Å². The maximum absolute atomic E-state index is 12.7. The van der Waals surface area contributed by atoms with E-state index in [0.717, 1.165) is 12.1 Å². The monoisotopic (exact) mass is 539 g/mol. The first-order chi connectivity index (χ1) is 15.9. The normalized spacial score (nSPS) is 11.5. The molecule has 34 heavy (non-hydrogen) atoms. The van der Waals surface area contributed by atoms with Crippen molar-refractivity contribution in [3.63, 3.8) is 0 Å². The maximum atomic E-state index is 12.7. The first-order valence-corrected chi connectivity index (χ1v) is 11.8. The Hall–Kier alpha value is -2.77. The Labute approximate surface area is 204 Å². The summed E-state index contributed by atoms with van der Waals surface area (Å²) in [6.45, 7) is -1.60. The summed E-state index contributed by atoms with van der Waals surface area (Å²) in [5, 5.41) is 5.15. The van der Waals surface area contributed by atoms with Crippen LogP contribution in [0.4, 0.5) is 13.2 Å². The summed E-state index contributed by atoms with van der Waals surface area (Å²) in [6, 6.07) is 8.20. The lowest BCUT2D eigenvalue weighted by molar-refractivity contribution is -0.153. The minimum absolute atomic E-state index is 0.0824. The number of hydrogen-bond donors (Lipinski definition) is 3. The van der Waals surface area contributed by atoms with Gasteiger partial charge in [0.2, 0.25) is 0 Å². The van der Waals surface area contributed by atoms with E-state index in [0.29, 0.717) is 16.3 Å². The zero-order valence-electron chi connectivity index (χ0n) is 18.0. The van der Waals surface area contributed by atoms with Crippen molar-refractivity contribution in [2.24, 2.45) is 0 Å². The largest absolute Gasteiger partial charge is 0.496 e. The van der Waals surface area contributed by atoms with E-state index in [1.54, 1.807) is 6.07 Å². The predicted octanol–water partition coefficient (Wildman–Crippen LogP) is 3.04. The van der Waals surface area contributed by atoms with Gasteiger partial charge in [-0.05, 0) is 54.5 Å². The van der Waals surface area contributed by atoms with Gasteiger partial charge in [-0.1, -0.05) is 17.7 Å². The standard InChI is InChI=1S/C20H21ClF3N3O5S2/c1-25-19(33)27-34(29,30)17-9-12(3-5-16(17)32-11-20(22,23)24)7-8-26-18(28)14-10-13(21)4-6-15(14)31-2/h3-6,9-10H,7-8,11H2,1-2H3,(H,26,28)(H2,25,27,33). The second-order valence-corrected chi connectivity index (χ2v) is 9.22. The summed E-state index contributed by atoms with van der Waals surface area (Å²) < 4.78 is 75.0. The van der Waals surface area contributed by atoms with Crippen LogP contribution in [0.3, 0.4) is 0 Å². The Balaban J connectivity index is 2.22. The average Bonchev–Trinajstić information content (AvgIpc) is 2.77. The lowest BCUT2D eigenvalue weighted by atomic mass is 10.1. The number of alkyl halides is 3. The topological polar surface area (TPSA) is 106 Å². The van der Waals surface area contributed by atoms with Crippen LogP contribution < -0.4 is 24.8 Å². The number of methoxy groups -OCH3 is 1. The molecule has 0 atom stereocenters. The molecule has 0 spiro atoms. The van der Waals surface area contributed by atoms with Gasteiger partial charge in [-0.15, -0.1) is 0 Å². The molecule has 0 unspecified atom stereocenters. The first kappa shape index (κ1) is 27.5. The van der Waals surface area contributed by atoms with Gasteiger partial charge in [-0.3, -0.25) is 9.52 Å². The minimum atomic E-state index is -4.67. The highest BCUT2D eigenvalue weighted by molar-refractivity contribution is 7.92. The molecule has 2 aromatic carbocycles. The van der Waals surface area contributed by atoms with E-state index in [1.807, 2.05) is 4.72 Å². The van der Waals surface area contributed by atoms with Crippen LogP contribution in [0.25, 0.3) is 0 Å². The third-order valence-electron chi connectivity index (χ3n) is 4.25. The van der Waals surface area contributed by atoms with Crippen LogP contribution in [0.15, 0.2) is 41.3 Å². The van der Waals surface area contributed by atoms with Gasteiger partial charge in [0.05, 0.1) is 12.7 Å². The molecule has 0 radical (unpaired) electrons. The van der Waals surface area contributed by atoms with Gasteiger partial charge in [0.15, 0.2) is 11.7 Å². The van der Waals surface area contributed by atoms with Crippen LogP contribution in [0, 0.1) is 0 Å². The Morgan fingerprint density at radius 2 is 1.82 bits per heavy atom. The molecule has 0 heterocycles. The van der Waals surface area contributed by atoms with Crippen molar-refractivity contribution in [1.29, 1.82) is 0 Å². The van der Waals surface area contributed by atoms with Gasteiger partial charge in [-0.2, -0.15) is 13.2 Å². The van der Waals surface area contributed by atoms with Crippen molar-refractivity contribution >= 4 is 44.9 Å². The van der Waals surface area contributed by atoms with E-state index < -0.39 is 39.4 Å². The Kier molecular flexibility index (Phi) is 9.36. The fourth-order valence-corrected chi connectivity index (χ4v) is 4.35. The van der Waals surface area contributed by atoms with E-state index in [2.05, 4.69) is 10.6 Å². The SMILES string of the molecule is CNC(=S)NS(=O)(=O)c1cc(CCNC(=O)c2cc(Cl)ccc2OC)ccc1OCC(F)(F)F. The predicted molar refractivity (Wildman–Crippen MR) is 124 cm³/mol. The van der Waals surface area contributed by atoms with E-state index in [1.165, 1.54) is 32.4 Å². The molecule has 0 bridgehead atoms. The Morgan fingerprint density at radius 1 is 1.15 bits per heavy atom. The van der Waals surface area contributed by atoms with E-state index in [9.17, 15) is 26.4 Å². The summed E-state index contributed by atoms with van der Waals surface area (Å²) in [4.78, 5) is 11.9. The summed E-state index contributed by atoms with van der Waals surface area (Å²) in [5.74, 6) is -0.661. The van der Waals surface area contributed by atoms with E-state index in [-0.39, 0.29) is 23.6 Å². The molecule has 14 heteroatoms. The smallest absolute Gasteiger partial charge is 0.422 e. The molecule has 3 N–H and O–H groups in total. The summed E-state index contributed by atoms with van der Waals surface area (Å²) in [6.07, 6.45) is -4.51. The number of carbonyl (C=O) groups excluding carboxylic acids is 1. The van der Waals surface area contributed by atoms with Crippen LogP contribution >= 0.6 is 23.8 Å². The molecule has 2 aromatic rings. The first-order valence-electron chi connectivity index (χ1n) is 9.55. The van der Waals surface area contributed by atoms with Gasteiger partial charge >= 0.3 is 6.18 Å². The number of rotatable bonds is 9. The van der Waals surface area contributed by atoms with E-state index in [4.69, 9.17) is 33.3 Å². The van der Waals surface area contributed by atoms with Crippen LogP contribution in [-0.2, 0) is 16.4 Å². The highest BCUT2D eigenvalue weighted by Crippen LogP contribution is 2.28. The average molecular weight is 540 g/mol. The molecular formula is C20H21ClF3N3O5S2. The number of ether oxygens (including phenoxy) is 2. The summed E-state index contributed by atoms with van der Waals surface area (Å²) in [7, 11) is -1.58. The number of carbonyl (C=O) groups is 1. The van der Waals surface area contributed by atoms with Crippen LogP contribution in [0.2, 0.25) is 5.02 Å². The second kappa shape index (κ2) is 11.6. The molecule has 0 saturated carbocycles. The molecular weight excluding hydrogens is 519 g/mol. The van der Waals surface area contributed by atoms with Crippen molar-refractivity contribution in [3.05, 3.63) is 52.5 Å². The molecule has 1 amide bonds. The number of hydrogen-bond acceptors (Lipinski definition) is 6. The van der Waals surface area contributed by atoms with Gasteiger partial charge in [-0.25, -0.2) is 8.42 Å². The molecule has 186 valence electrons. The molecule has 8 nitrogen and oxygen atoms in total. The molecule has 0 aliphatic heterocycles. The number of amides is 1. The minimum Gasteiger partial charge on any atom is -0.496 e. The lowest BCUT2D eigenvalue weighted by Crippen LogP contribution is -2.37. The number of thiocarbonyl (C=S) groups is 1. The quantitative estimate of drug-likeness (QED) is 0.421. The highest BCUT2D eigenvalue weighted by atomic mass is 35.5. The van der Waals surface area contributed by atoms with Crippen LogP contribution in [0.5, 0.6) is 11.5 Å². The Bertz CT molecular complexity index is 1160. The zero-order valence-corrected chi connectivity index (χ0v) is 20.3. The lowest BCUT2D eigenvalue weighted by Gasteiger charge is -2.16.